The van der Waals surface area contributed by atoms with Crippen molar-refractivity contribution in [1.82, 2.24) is 9.97 Å². The van der Waals surface area contributed by atoms with E-state index in [0.29, 0.717) is 16.7 Å². The highest BCUT2D eigenvalue weighted by Gasteiger charge is 2.21. The third-order valence-electron chi connectivity index (χ3n) is 4.74. The Morgan fingerprint density at radius 2 is 1.61 bits per heavy atom. The molecular formula is C21H21ClFN5. The van der Waals surface area contributed by atoms with Gasteiger partial charge in [0.1, 0.15) is 11.6 Å². The number of anilines is 4. The molecule has 0 amide bonds. The number of halogens is 2. The molecule has 4 rings (SSSR count). The first kappa shape index (κ1) is 18.5. The summed E-state index contributed by atoms with van der Waals surface area (Å²) in [5.74, 6) is 1.24. The highest BCUT2D eigenvalue weighted by molar-refractivity contribution is 6.30. The molecule has 0 bridgehead atoms. The topological polar surface area (TPSA) is 44.3 Å². The molecule has 3 aromatic rings. The maximum Gasteiger partial charge on any atom is 0.229 e. The van der Waals surface area contributed by atoms with Crippen LogP contribution < -0.4 is 15.1 Å². The molecule has 1 saturated heterocycles. The molecule has 1 aromatic heterocycles. The Morgan fingerprint density at radius 3 is 2.32 bits per heavy atom. The Labute approximate surface area is 168 Å². The first-order chi connectivity index (χ1) is 13.6. The van der Waals surface area contributed by atoms with Gasteiger partial charge < -0.3 is 15.1 Å². The Hall–Kier alpha value is -2.86. The first-order valence-electron chi connectivity index (χ1n) is 9.21. The van der Waals surface area contributed by atoms with Crippen molar-refractivity contribution in [3.63, 3.8) is 0 Å². The third-order valence-corrected chi connectivity index (χ3v) is 4.99. The SMILES string of the molecule is Cc1cc(N2CCN(c3ccccc3F)CC2)nc(Nc2ccc(Cl)cc2)n1. The number of nitrogens with one attached hydrogen (secondary N) is 1. The average Bonchev–Trinajstić information content (AvgIpc) is 2.70. The molecular weight excluding hydrogens is 377 g/mol. The lowest BCUT2D eigenvalue weighted by Gasteiger charge is -2.37. The van der Waals surface area contributed by atoms with Crippen LogP contribution in [0.15, 0.2) is 54.6 Å². The number of aromatic nitrogens is 2. The molecule has 1 fully saturated rings. The van der Waals surface area contributed by atoms with E-state index in [1.165, 1.54) is 6.07 Å². The van der Waals surface area contributed by atoms with E-state index in [9.17, 15) is 4.39 Å². The van der Waals surface area contributed by atoms with Gasteiger partial charge in [-0.1, -0.05) is 23.7 Å². The number of hydrogen-bond donors (Lipinski definition) is 1. The van der Waals surface area contributed by atoms with Crippen molar-refractivity contribution in [2.75, 3.05) is 41.3 Å². The fourth-order valence-corrected chi connectivity index (χ4v) is 3.44. The van der Waals surface area contributed by atoms with Gasteiger partial charge in [0, 0.05) is 48.6 Å². The van der Waals surface area contributed by atoms with Gasteiger partial charge in [-0.25, -0.2) is 9.37 Å². The molecule has 144 valence electrons. The van der Waals surface area contributed by atoms with Crippen LogP contribution in [0.1, 0.15) is 5.69 Å². The van der Waals surface area contributed by atoms with Crippen LogP contribution in [0.5, 0.6) is 0 Å². The van der Waals surface area contributed by atoms with Crippen molar-refractivity contribution >= 4 is 34.7 Å². The molecule has 0 spiro atoms. The summed E-state index contributed by atoms with van der Waals surface area (Å²) in [7, 11) is 0. The molecule has 0 aliphatic carbocycles. The molecule has 2 aromatic carbocycles. The standard InChI is InChI=1S/C21H21ClFN5/c1-15-14-20(26-21(24-15)25-17-8-6-16(22)7-9-17)28-12-10-27(11-13-28)19-5-3-2-4-18(19)23/h2-9,14H,10-13H2,1H3,(H,24,25,26). The van der Waals surface area contributed by atoms with E-state index < -0.39 is 0 Å². The number of nitrogens with zero attached hydrogens (tertiary/aromatic N) is 4. The number of rotatable bonds is 4. The lowest BCUT2D eigenvalue weighted by molar-refractivity contribution is 0.596. The number of benzene rings is 2. The fourth-order valence-electron chi connectivity index (χ4n) is 3.32. The summed E-state index contributed by atoms with van der Waals surface area (Å²) in [6.45, 7) is 4.97. The molecule has 2 heterocycles. The van der Waals surface area contributed by atoms with Gasteiger partial charge in [0.05, 0.1) is 5.69 Å². The zero-order chi connectivity index (χ0) is 19.5. The van der Waals surface area contributed by atoms with Crippen molar-refractivity contribution in [3.05, 3.63) is 71.1 Å². The summed E-state index contributed by atoms with van der Waals surface area (Å²) in [5.41, 5.74) is 2.43. The molecule has 1 aliphatic heterocycles. The van der Waals surface area contributed by atoms with Crippen LogP contribution >= 0.6 is 11.6 Å². The van der Waals surface area contributed by atoms with Gasteiger partial charge in [0.2, 0.25) is 5.95 Å². The van der Waals surface area contributed by atoms with E-state index in [0.717, 1.165) is 43.4 Å². The minimum atomic E-state index is -0.178. The predicted octanol–water partition coefficient (Wildman–Crippen LogP) is 4.65. The van der Waals surface area contributed by atoms with Gasteiger partial charge in [-0.15, -0.1) is 0 Å². The molecule has 1 N–H and O–H groups in total. The Kier molecular flexibility index (Phi) is 5.30. The van der Waals surface area contributed by atoms with Crippen LogP contribution in [0.2, 0.25) is 5.02 Å². The summed E-state index contributed by atoms with van der Waals surface area (Å²) in [6.07, 6.45) is 0. The molecule has 1 aliphatic rings. The van der Waals surface area contributed by atoms with Crippen molar-refractivity contribution < 1.29 is 4.39 Å². The summed E-state index contributed by atoms with van der Waals surface area (Å²) >= 11 is 5.94. The van der Waals surface area contributed by atoms with E-state index in [1.807, 2.05) is 49.4 Å². The maximum atomic E-state index is 14.0. The van der Waals surface area contributed by atoms with Crippen LogP contribution in [-0.2, 0) is 0 Å². The van der Waals surface area contributed by atoms with Gasteiger partial charge >= 0.3 is 0 Å². The largest absolute Gasteiger partial charge is 0.366 e. The molecule has 0 unspecified atom stereocenters. The minimum absolute atomic E-state index is 0.178. The van der Waals surface area contributed by atoms with Crippen LogP contribution in [-0.4, -0.2) is 36.1 Å². The second-order valence-electron chi connectivity index (χ2n) is 6.75. The number of aryl methyl sites for hydroxylation is 1. The Bertz CT molecular complexity index is 955. The van der Waals surface area contributed by atoms with Gasteiger partial charge in [-0.2, -0.15) is 4.98 Å². The molecule has 5 nitrogen and oxygen atoms in total. The Morgan fingerprint density at radius 1 is 0.929 bits per heavy atom. The zero-order valence-corrected chi connectivity index (χ0v) is 16.3. The monoisotopic (exact) mass is 397 g/mol. The van der Waals surface area contributed by atoms with Crippen LogP contribution in [0, 0.1) is 12.7 Å². The Balaban J connectivity index is 1.47. The summed E-state index contributed by atoms with van der Waals surface area (Å²) in [6, 6.07) is 16.3. The normalized spacial score (nSPS) is 14.2. The molecule has 0 atom stereocenters. The van der Waals surface area contributed by atoms with E-state index in [2.05, 4.69) is 25.1 Å². The highest BCUT2D eigenvalue weighted by atomic mass is 35.5. The zero-order valence-electron chi connectivity index (χ0n) is 15.6. The first-order valence-corrected chi connectivity index (χ1v) is 9.59. The predicted molar refractivity (Wildman–Crippen MR) is 112 cm³/mol. The second kappa shape index (κ2) is 8.02. The molecule has 0 radical (unpaired) electrons. The quantitative estimate of drug-likeness (QED) is 0.694. The highest BCUT2D eigenvalue weighted by Crippen LogP contribution is 2.24. The van der Waals surface area contributed by atoms with E-state index in [4.69, 9.17) is 11.6 Å². The maximum absolute atomic E-state index is 14.0. The third kappa shape index (κ3) is 4.17. The summed E-state index contributed by atoms with van der Waals surface area (Å²) < 4.78 is 14.0. The molecule has 28 heavy (non-hydrogen) atoms. The number of piperazine rings is 1. The average molecular weight is 398 g/mol. The van der Waals surface area contributed by atoms with Crippen LogP contribution in [0.25, 0.3) is 0 Å². The number of para-hydroxylation sites is 1. The van der Waals surface area contributed by atoms with Crippen LogP contribution in [0.4, 0.5) is 27.5 Å². The molecule has 7 heteroatoms. The van der Waals surface area contributed by atoms with E-state index in [-0.39, 0.29) is 5.82 Å². The van der Waals surface area contributed by atoms with Crippen molar-refractivity contribution in [2.24, 2.45) is 0 Å². The van der Waals surface area contributed by atoms with Crippen molar-refractivity contribution in [2.45, 2.75) is 6.92 Å². The summed E-state index contributed by atoms with van der Waals surface area (Å²) in [5, 5.41) is 3.91. The van der Waals surface area contributed by atoms with E-state index >= 15 is 0 Å². The lowest BCUT2D eigenvalue weighted by atomic mass is 10.2. The smallest absolute Gasteiger partial charge is 0.229 e. The van der Waals surface area contributed by atoms with Crippen LogP contribution in [0.3, 0.4) is 0 Å². The molecule has 0 saturated carbocycles. The fraction of sp³-hybridized carbons (Fsp3) is 0.238. The second-order valence-corrected chi connectivity index (χ2v) is 7.18. The summed E-state index contributed by atoms with van der Waals surface area (Å²) in [4.78, 5) is 13.4. The number of hydrogen-bond acceptors (Lipinski definition) is 5. The van der Waals surface area contributed by atoms with Gasteiger partial charge in [0.25, 0.3) is 0 Å². The van der Waals surface area contributed by atoms with Gasteiger partial charge in [-0.05, 0) is 43.3 Å². The van der Waals surface area contributed by atoms with E-state index in [1.54, 1.807) is 6.07 Å². The lowest BCUT2D eigenvalue weighted by Crippen LogP contribution is -2.47. The van der Waals surface area contributed by atoms with Gasteiger partial charge in [-0.3, -0.25) is 0 Å². The van der Waals surface area contributed by atoms with Crippen molar-refractivity contribution in [1.29, 1.82) is 0 Å². The minimum Gasteiger partial charge on any atom is -0.366 e. The van der Waals surface area contributed by atoms with Crippen molar-refractivity contribution in [3.8, 4) is 0 Å². The van der Waals surface area contributed by atoms with Gasteiger partial charge in [0.15, 0.2) is 0 Å².